The summed E-state index contributed by atoms with van der Waals surface area (Å²) in [6.07, 6.45) is -4.02. The maximum absolute atomic E-state index is 11.9. The molecule has 4 nitrogen and oxygen atoms in total. The van der Waals surface area contributed by atoms with E-state index >= 15 is 0 Å². The number of halogens is 3. The quantitative estimate of drug-likeness (QED) is 0.867. The van der Waals surface area contributed by atoms with Gasteiger partial charge in [-0.3, -0.25) is 5.01 Å². The van der Waals surface area contributed by atoms with E-state index in [0.717, 1.165) is 0 Å². The van der Waals surface area contributed by atoms with Crippen LogP contribution in [0, 0.1) is 0 Å². The molecule has 2 rings (SSSR count). The predicted octanol–water partition coefficient (Wildman–Crippen LogP) is 2.07. The molecule has 1 heterocycles. The lowest BCUT2D eigenvalue weighted by atomic mass is 10.3. The monoisotopic (exact) mass is 245 g/mol. The Kier molecular flexibility index (Phi) is 2.83. The number of benzene rings is 1. The van der Waals surface area contributed by atoms with E-state index in [9.17, 15) is 13.2 Å². The van der Waals surface area contributed by atoms with Crippen molar-refractivity contribution in [2.75, 3.05) is 11.6 Å². The molecule has 1 aliphatic heterocycles. The average molecular weight is 245 g/mol. The van der Waals surface area contributed by atoms with Crippen molar-refractivity contribution in [1.29, 1.82) is 0 Å². The fourth-order valence-corrected chi connectivity index (χ4v) is 1.48. The Bertz CT molecular complexity index is 427. The highest BCUT2D eigenvalue weighted by atomic mass is 19.4. The van der Waals surface area contributed by atoms with Gasteiger partial charge in [0.05, 0.1) is 5.69 Å². The van der Waals surface area contributed by atoms with E-state index < -0.39 is 6.36 Å². The van der Waals surface area contributed by atoms with Gasteiger partial charge in [0.1, 0.15) is 11.6 Å². The third-order valence-corrected chi connectivity index (χ3v) is 2.20. The molecule has 17 heavy (non-hydrogen) atoms. The van der Waals surface area contributed by atoms with Crippen LogP contribution >= 0.6 is 0 Å². The second-order valence-corrected chi connectivity index (χ2v) is 3.51. The van der Waals surface area contributed by atoms with Crippen molar-refractivity contribution in [2.24, 2.45) is 10.8 Å². The number of ether oxygens (including phenoxy) is 1. The van der Waals surface area contributed by atoms with Gasteiger partial charge in [0, 0.05) is 13.0 Å². The predicted molar refractivity (Wildman–Crippen MR) is 56.7 cm³/mol. The summed E-state index contributed by atoms with van der Waals surface area (Å²) in [6.45, 7) is 0.630. The van der Waals surface area contributed by atoms with Gasteiger partial charge in [-0.15, -0.1) is 13.2 Å². The molecular weight excluding hydrogens is 235 g/mol. The van der Waals surface area contributed by atoms with Gasteiger partial charge < -0.3 is 10.5 Å². The zero-order valence-corrected chi connectivity index (χ0v) is 8.74. The maximum Gasteiger partial charge on any atom is 0.573 e. The van der Waals surface area contributed by atoms with Gasteiger partial charge in [-0.2, -0.15) is 5.10 Å². The first-order chi connectivity index (χ1) is 7.94. The van der Waals surface area contributed by atoms with E-state index in [4.69, 9.17) is 5.73 Å². The number of hydrazone groups is 1. The highest BCUT2D eigenvalue weighted by Crippen LogP contribution is 2.26. The Morgan fingerprint density at radius 1 is 1.24 bits per heavy atom. The normalized spacial score (nSPS) is 15.9. The highest BCUT2D eigenvalue weighted by Gasteiger charge is 2.31. The van der Waals surface area contributed by atoms with Gasteiger partial charge in [0.25, 0.3) is 0 Å². The Morgan fingerprint density at radius 3 is 2.35 bits per heavy atom. The molecule has 0 unspecified atom stereocenters. The largest absolute Gasteiger partial charge is 0.573 e. The first-order valence-electron chi connectivity index (χ1n) is 4.90. The van der Waals surface area contributed by atoms with Crippen LogP contribution < -0.4 is 15.5 Å². The lowest BCUT2D eigenvalue weighted by Gasteiger charge is -2.14. The molecule has 0 saturated carbocycles. The Balaban J connectivity index is 2.08. The third-order valence-electron chi connectivity index (χ3n) is 2.20. The van der Waals surface area contributed by atoms with Crippen LogP contribution in [0.5, 0.6) is 5.75 Å². The molecule has 92 valence electrons. The summed E-state index contributed by atoms with van der Waals surface area (Å²) in [6, 6.07) is 5.49. The van der Waals surface area contributed by atoms with E-state index in [1.54, 1.807) is 5.01 Å². The standard InChI is InChI=1S/C10H10F3N3O/c11-10(12,13)17-8-3-1-7(2-4-8)16-6-5-9(14)15-16/h1-4H,5-6H2,(H2,14,15). The van der Waals surface area contributed by atoms with Crippen molar-refractivity contribution in [3.63, 3.8) is 0 Å². The van der Waals surface area contributed by atoms with Crippen LogP contribution in [0.15, 0.2) is 29.4 Å². The third kappa shape index (κ3) is 3.02. The minimum absolute atomic E-state index is 0.252. The molecular formula is C10H10F3N3O. The van der Waals surface area contributed by atoms with Crippen LogP contribution in [0.2, 0.25) is 0 Å². The van der Waals surface area contributed by atoms with E-state index in [2.05, 4.69) is 9.84 Å². The van der Waals surface area contributed by atoms with Crippen molar-refractivity contribution in [3.8, 4) is 5.75 Å². The van der Waals surface area contributed by atoms with Gasteiger partial charge in [-0.05, 0) is 24.3 Å². The molecule has 7 heteroatoms. The van der Waals surface area contributed by atoms with Crippen LogP contribution in [0.25, 0.3) is 0 Å². The summed E-state index contributed by atoms with van der Waals surface area (Å²) in [5, 5.41) is 5.66. The second kappa shape index (κ2) is 4.15. The zero-order chi connectivity index (χ0) is 12.5. The summed E-state index contributed by atoms with van der Waals surface area (Å²) in [5.74, 6) is 0.262. The van der Waals surface area contributed by atoms with Gasteiger partial charge in [-0.1, -0.05) is 0 Å². The van der Waals surface area contributed by atoms with E-state index in [-0.39, 0.29) is 5.75 Å². The van der Waals surface area contributed by atoms with Gasteiger partial charge >= 0.3 is 6.36 Å². The van der Waals surface area contributed by atoms with Gasteiger partial charge in [-0.25, -0.2) is 0 Å². The smallest absolute Gasteiger partial charge is 0.406 e. The van der Waals surface area contributed by atoms with E-state index in [1.807, 2.05) is 0 Å². The summed E-state index contributed by atoms with van der Waals surface area (Å²) in [4.78, 5) is 0. The molecule has 1 aliphatic rings. The number of alkyl halides is 3. The molecule has 2 N–H and O–H groups in total. The maximum atomic E-state index is 11.9. The Labute approximate surface area is 95.5 Å². The number of nitrogens with two attached hydrogens (primary N) is 1. The van der Waals surface area contributed by atoms with Crippen LogP contribution in [0.4, 0.5) is 18.9 Å². The molecule has 0 amide bonds. The summed E-state index contributed by atoms with van der Waals surface area (Å²) < 4.78 is 39.5. The summed E-state index contributed by atoms with van der Waals surface area (Å²) in [7, 11) is 0. The van der Waals surface area contributed by atoms with Crippen LogP contribution in [-0.4, -0.2) is 18.7 Å². The van der Waals surface area contributed by atoms with Crippen molar-refractivity contribution < 1.29 is 17.9 Å². The van der Waals surface area contributed by atoms with Crippen molar-refractivity contribution in [1.82, 2.24) is 0 Å². The number of nitrogens with zero attached hydrogens (tertiary/aromatic N) is 2. The van der Waals surface area contributed by atoms with Crippen molar-refractivity contribution in [3.05, 3.63) is 24.3 Å². The minimum atomic E-state index is -4.67. The summed E-state index contributed by atoms with van der Waals surface area (Å²) in [5.41, 5.74) is 6.19. The lowest BCUT2D eigenvalue weighted by molar-refractivity contribution is -0.274. The van der Waals surface area contributed by atoms with E-state index in [1.165, 1.54) is 24.3 Å². The first-order valence-corrected chi connectivity index (χ1v) is 4.90. The molecule has 1 aromatic rings. The Hall–Kier alpha value is -1.92. The SMILES string of the molecule is NC1=NN(c2ccc(OC(F)(F)F)cc2)CC1. The molecule has 0 fully saturated rings. The topological polar surface area (TPSA) is 50.8 Å². The first kappa shape index (κ1) is 11.6. The number of hydrogen-bond acceptors (Lipinski definition) is 4. The lowest BCUT2D eigenvalue weighted by Crippen LogP contribution is -2.17. The van der Waals surface area contributed by atoms with Crippen LogP contribution in [0.3, 0.4) is 0 Å². The molecule has 0 aliphatic carbocycles. The van der Waals surface area contributed by atoms with Gasteiger partial charge in [0.15, 0.2) is 0 Å². The van der Waals surface area contributed by atoms with E-state index in [0.29, 0.717) is 24.5 Å². The fourth-order valence-electron chi connectivity index (χ4n) is 1.48. The average Bonchev–Trinajstić information content (AvgIpc) is 2.63. The number of anilines is 1. The molecule has 0 aromatic heterocycles. The van der Waals surface area contributed by atoms with Crippen molar-refractivity contribution in [2.45, 2.75) is 12.8 Å². The minimum Gasteiger partial charge on any atom is -0.406 e. The van der Waals surface area contributed by atoms with Crippen LogP contribution in [-0.2, 0) is 0 Å². The highest BCUT2D eigenvalue weighted by molar-refractivity contribution is 5.84. The van der Waals surface area contributed by atoms with Gasteiger partial charge in [0.2, 0.25) is 0 Å². The molecule has 0 radical (unpaired) electrons. The number of amidine groups is 1. The molecule has 0 bridgehead atoms. The van der Waals surface area contributed by atoms with Crippen molar-refractivity contribution >= 4 is 11.5 Å². The zero-order valence-electron chi connectivity index (χ0n) is 8.74. The fraction of sp³-hybridized carbons (Fsp3) is 0.300. The Morgan fingerprint density at radius 2 is 1.88 bits per heavy atom. The number of rotatable bonds is 2. The van der Waals surface area contributed by atoms with Crippen LogP contribution in [0.1, 0.15) is 6.42 Å². The number of hydrogen-bond donors (Lipinski definition) is 1. The molecule has 0 spiro atoms. The summed E-state index contributed by atoms with van der Waals surface area (Å²) >= 11 is 0. The molecule has 0 atom stereocenters. The molecule has 0 saturated heterocycles. The molecule has 1 aromatic carbocycles. The second-order valence-electron chi connectivity index (χ2n) is 3.51.